The Morgan fingerprint density at radius 3 is 2.61 bits per heavy atom. The lowest BCUT2D eigenvalue weighted by molar-refractivity contribution is -0.131. The fraction of sp³-hybridized carbons (Fsp3) is 0.619. The van der Waals surface area contributed by atoms with E-state index in [4.69, 9.17) is 16.6 Å². The Morgan fingerprint density at radius 1 is 1.21 bits per heavy atom. The van der Waals surface area contributed by atoms with Gasteiger partial charge in [0.1, 0.15) is 0 Å². The molecule has 1 amide bonds. The van der Waals surface area contributed by atoms with Gasteiger partial charge in [-0.05, 0) is 51.1 Å². The maximum absolute atomic E-state index is 12.6. The molecule has 6 nitrogen and oxygen atoms in total. The Labute approximate surface area is 173 Å². The highest BCUT2D eigenvalue weighted by molar-refractivity contribution is 6.30. The van der Waals surface area contributed by atoms with Gasteiger partial charge in [0, 0.05) is 43.8 Å². The number of rotatable bonds is 5. The first kappa shape index (κ1) is 20.9. The normalized spacial score (nSPS) is 21.2. The van der Waals surface area contributed by atoms with Crippen LogP contribution in [0.15, 0.2) is 29.3 Å². The molecule has 0 bridgehead atoms. The molecular formula is C21H32ClN5O. The van der Waals surface area contributed by atoms with Crippen LogP contribution >= 0.6 is 11.6 Å². The maximum Gasteiger partial charge on any atom is 0.227 e. The molecule has 2 saturated heterocycles. The van der Waals surface area contributed by atoms with Crippen LogP contribution in [0.2, 0.25) is 5.02 Å². The van der Waals surface area contributed by atoms with Crippen molar-refractivity contribution >= 4 is 23.5 Å². The Balaban J connectivity index is 1.52. The number of piperazine rings is 1. The fourth-order valence-corrected chi connectivity index (χ4v) is 4.14. The SMILES string of the molecule is CCNC(=NCC1CCCN1C)N1CCN(C(=O)Cc2cccc(Cl)c2)CC1. The highest BCUT2D eigenvalue weighted by atomic mass is 35.5. The molecular weight excluding hydrogens is 374 g/mol. The number of hydrogen-bond acceptors (Lipinski definition) is 3. The van der Waals surface area contributed by atoms with E-state index >= 15 is 0 Å². The summed E-state index contributed by atoms with van der Waals surface area (Å²) in [5.74, 6) is 1.14. The molecule has 2 heterocycles. The molecule has 154 valence electrons. The van der Waals surface area contributed by atoms with E-state index in [1.165, 1.54) is 19.4 Å². The molecule has 1 unspecified atom stereocenters. The summed E-state index contributed by atoms with van der Waals surface area (Å²) in [5, 5.41) is 4.10. The first-order valence-corrected chi connectivity index (χ1v) is 10.7. The van der Waals surface area contributed by atoms with E-state index in [9.17, 15) is 4.79 Å². The lowest BCUT2D eigenvalue weighted by Gasteiger charge is -2.36. The Hall–Kier alpha value is -1.79. The van der Waals surface area contributed by atoms with Gasteiger partial charge in [-0.15, -0.1) is 0 Å². The molecule has 3 rings (SSSR count). The van der Waals surface area contributed by atoms with Crippen molar-refractivity contribution in [3.8, 4) is 0 Å². The van der Waals surface area contributed by atoms with Crippen LogP contribution in [0.5, 0.6) is 0 Å². The van der Waals surface area contributed by atoms with Crippen LogP contribution in [-0.4, -0.2) is 85.5 Å². The predicted molar refractivity (Wildman–Crippen MR) is 115 cm³/mol. The molecule has 0 radical (unpaired) electrons. The third kappa shape index (κ3) is 5.61. The molecule has 1 aromatic rings. The van der Waals surface area contributed by atoms with Crippen LogP contribution in [0.3, 0.4) is 0 Å². The summed E-state index contributed by atoms with van der Waals surface area (Å²) in [6.07, 6.45) is 2.90. The van der Waals surface area contributed by atoms with Crippen LogP contribution in [0.4, 0.5) is 0 Å². The topological polar surface area (TPSA) is 51.2 Å². The van der Waals surface area contributed by atoms with Crippen LogP contribution in [-0.2, 0) is 11.2 Å². The minimum atomic E-state index is 0.163. The summed E-state index contributed by atoms with van der Waals surface area (Å²) < 4.78 is 0. The summed E-state index contributed by atoms with van der Waals surface area (Å²) >= 11 is 6.03. The number of nitrogens with one attached hydrogen (secondary N) is 1. The quantitative estimate of drug-likeness (QED) is 0.602. The van der Waals surface area contributed by atoms with E-state index in [0.717, 1.165) is 50.8 Å². The van der Waals surface area contributed by atoms with Gasteiger partial charge in [0.05, 0.1) is 13.0 Å². The Kier molecular flexibility index (Phi) is 7.57. The highest BCUT2D eigenvalue weighted by Crippen LogP contribution is 2.15. The molecule has 1 N–H and O–H groups in total. The number of hydrogen-bond donors (Lipinski definition) is 1. The first-order valence-electron chi connectivity index (χ1n) is 10.3. The van der Waals surface area contributed by atoms with Crippen LogP contribution in [0.25, 0.3) is 0 Å². The molecule has 1 atom stereocenters. The number of carbonyl (C=O) groups is 1. The Morgan fingerprint density at radius 2 is 1.96 bits per heavy atom. The monoisotopic (exact) mass is 405 g/mol. The first-order chi connectivity index (χ1) is 13.6. The highest BCUT2D eigenvalue weighted by Gasteiger charge is 2.24. The molecule has 2 aliphatic rings. The predicted octanol–water partition coefficient (Wildman–Crippen LogP) is 2.09. The number of carbonyl (C=O) groups excluding carboxylic acids is 1. The molecule has 0 saturated carbocycles. The van der Waals surface area contributed by atoms with E-state index in [-0.39, 0.29) is 5.91 Å². The number of likely N-dealkylation sites (tertiary alicyclic amines) is 1. The Bertz CT molecular complexity index is 687. The minimum Gasteiger partial charge on any atom is -0.357 e. The lowest BCUT2D eigenvalue weighted by Crippen LogP contribution is -2.54. The average molecular weight is 406 g/mol. The van der Waals surface area contributed by atoms with Crippen molar-refractivity contribution in [2.45, 2.75) is 32.2 Å². The van der Waals surface area contributed by atoms with Crippen LogP contribution in [0.1, 0.15) is 25.3 Å². The van der Waals surface area contributed by atoms with Crippen LogP contribution < -0.4 is 5.32 Å². The molecule has 0 spiro atoms. The van der Waals surface area contributed by atoms with E-state index in [1.807, 2.05) is 29.2 Å². The summed E-state index contributed by atoms with van der Waals surface area (Å²) in [6.45, 7) is 8.05. The molecule has 28 heavy (non-hydrogen) atoms. The van der Waals surface area contributed by atoms with Gasteiger partial charge in [0.2, 0.25) is 5.91 Å². The third-order valence-corrected chi connectivity index (χ3v) is 5.87. The number of halogens is 1. The van der Waals surface area contributed by atoms with Gasteiger partial charge in [-0.3, -0.25) is 9.79 Å². The molecule has 2 fully saturated rings. The van der Waals surface area contributed by atoms with E-state index < -0.39 is 0 Å². The van der Waals surface area contributed by atoms with E-state index in [0.29, 0.717) is 17.5 Å². The van der Waals surface area contributed by atoms with E-state index in [2.05, 4.69) is 29.1 Å². The zero-order valence-corrected chi connectivity index (χ0v) is 17.8. The molecule has 2 aliphatic heterocycles. The van der Waals surface area contributed by atoms with Gasteiger partial charge in [-0.25, -0.2) is 0 Å². The number of likely N-dealkylation sites (N-methyl/N-ethyl adjacent to an activating group) is 1. The van der Waals surface area contributed by atoms with Gasteiger partial charge in [-0.1, -0.05) is 23.7 Å². The zero-order chi connectivity index (χ0) is 19.9. The van der Waals surface area contributed by atoms with Crippen molar-refractivity contribution in [2.24, 2.45) is 4.99 Å². The van der Waals surface area contributed by atoms with Crippen molar-refractivity contribution in [3.05, 3.63) is 34.9 Å². The molecule has 7 heteroatoms. The summed E-state index contributed by atoms with van der Waals surface area (Å²) in [6, 6.07) is 8.10. The second-order valence-corrected chi connectivity index (χ2v) is 8.08. The fourth-order valence-electron chi connectivity index (χ4n) is 3.93. The molecule has 1 aromatic carbocycles. The number of guanidine groups is 1. The number of aliphatic imine (C=N–C) groups is 1. The van der Waals surface area contributed by atoms with Gasteiger partial charge >= 0.3 is 0 Å². The standard InChI is InChI=1S/C21H32ClN5O/c1-3-23-21(24-16-19-8-5-9-25(19)2)27-12-10-26(11-13-27)20(28)15-17-6-4-7-18(22)14-17/h4,6-7,14,19H,3,5,8-13,15-16H2,1-2H3,(H,23,24). The minimum absolute atomic E-state index is 0.163. The smallest absolute Gasteiger partial charge is 0.227 e. The van der Waals surface area contributed by atoms with Gasteiger partial charge in [0.25, 0.3) is 0 Å². The maximum atomic E-state index is 12.6. The summed E-state index contributed by atoms with van der Waals surface area (Å²) in [5.41, 5.74) is 0.968. The second-order valence-electron chi connectivity index (χ2n) is 7.65. The van der Waals surface area contributed by atoms with Crippen molar-refractivity contribution in [3.63, 3.8) is 0 Å². The number of amides is 1. The molecule has 0 aliphatic carbocycles. The number of nitrogens with zero attached hydrogens (tertiary/aromatic N) is 4. The van der Waals surface area contributed by atoms with Gasteiger partial charge < -0.3 is 20.0 Å². The zero-order valence-electron chi connectivity index (χ0n) is 17.0. The van der Waals surface area contributed by atoms with Gasteiger partial charge in [0.15, 0.2) is 5.96 Å². The van der Waals surface area contributed by atoms with Crippen molar-refractivity contribution in [1.82, 2.24) is 20.0 Å². The van der Waals surface area contributed by atoms with Crippen molar-refractivity contribution in [1.29, 1.82) is 0 Å². The summed E-state index contributed by atoms with van der Waals surface area (Å²) in [7, 11) is 2.18. The largest absolute Gasteiger partial charge is 0.357 e. The van der Waals surface area contributed by atoms with Crippen molar-refractivity contribution in [2.75, 3.05) is 52.9 Å². The van der Waals surface area contributed by atoms with Gasteiger partial charge in [-0.2, -0.15) is 0 Å². The van der Waals surface area contributed by atoms with E-state index in [1.54, 1.807) is 0 Å². The lowest BCUT2D eigenvalue weighted by atomic mass is 10.1. The average Bonchev–Trinajstić information content (AvgIpc) is 3.10. The van der Waals surface area contributed by atoms with Crippen molar-refractivity contribution < 1.29 is 4.79 Å². The van der Waals surface area contributed by atoms with Crippen LogP contribution in [0, 0.1) is 0 Å². The second kappa shape index (κ2) is 10.1. The summed E-state index contributed by atoms with van der Waals surface area (Å²) in [4.78, 5) is 24.2. The molecule has 0 aromatic heterocycles. The third-order valence-electron chi connectivity index (χ3n) is 5.63. The number of benzene rings is 1.